The van der Waals surface area contributed by atoms with Crippen molar-refractivity contribution in [2.45, 2.75) is 32.4 Å². The molecule has 0 amide bonds. The van der Waals surface area contributed by atoms with E-state index in [1.54, 1.807) is 0 Å². The Kier molecular flexibility index (Phi) is 5.00. The van der Waals surface area contributed by atoms with E-state index in [0.717, 1.165) is 50.4 Å². The highest BCUT2D eigenvalue weighted by Gasteiger charge is 2.31. The van der Waals surface area contributed by atoms with Crippen molar-refractivity contribution in [1.82, 2.24) is 19.4 Å². The first kappa shape index (κ1) is 17.2. The van der Waals surface area contributed by atoms with Crippen LogP contribution < -0.4 is 0 Å². The molecule has 1 fully saturated rings. The molecule has 0 unspecified atom stereocenters. The Bertz CT molecular complexity index is 870. The molecule has 1 aliphatic rings. The molecule has 1 aromatic carbocycles. The number of hydrogen-bond acceptors (Lipinski definition) is 4. The van der Waals surface area contributed by atoms with Crippen molar-refractivity contribution in [3.05, 3.63) is 60.3 Å². The monoisotopic (exact) mass is 350 g/mol. The summed E-state index contributed by atoms with van der Waals surface area (Å²) >= 11 is 0. The zero-order valence-electron chi connectivity index (χ0n) is 15.3. The second-order valence-electron chi connectivity index (χ2n) is 7.30. The molecule has 26 heavy (non-hydrogen) atoms. The number of aliphatic hydroxyl groups is 1. The van der Waals surface area contributed by atoms with Gasteiger partial charge in [-0.1, -0.05) is 18.2 Å². The molecule has 3 heterocycles. The second-order valence-corrected chi connectivity index (χ2v) is 7.30. The highest BCUT2D eigenvalue weighted by Crippen LogP contribution is 2.25. The van der Waals surface area contributed by atoms with Gasteiger partial charge in [-0.2, -0.15) is 0 Å². The van der Waals surface area contributed by atoms with Crippen LogP contribution in [-0.2, 0) is 13.0 Å². The van der Waals surface area contributed by atoms with Crippen molar-refractivity contribution < 1.29 is 5.11 Å². The van der Waals surface area contributed by atoms with Crippen LogP contribution in [0.5, 0.6) is 0 Å². The predicted molar refractivity (Wildman–Crippen MR) is 103 cm³/mol. The average molecular weight is 350 g/mol. The molecule has 2 aromatic heterocycles. The molecule has 3 aromatic rings. The van der Waals surface area contributed by atoms with Gasteiger partial charge in [0.05, 0.1) is 11.6 Å². The Labute approximate surface area is 154 Å². The third kappa shape index (κ3) is 3.64. The largest absolute Gasteiger partial charge is 0.391 e. The predicted octanol–water partition coefficient (Wildman–Crippen LogP) is 2.67. The molecule has 5 nitrogen and oxygen atoms in total. The van der Waals surface area contributed by atoms with Crippen LogP contribution in [0.25, 0.3) is 10.9 Å². The van der Waals surface area contributed by atoms with Crippen molar-refractivity contribution in [2.75, 3.05) is 19.6 Å². The lowest BCUT2D eigenvalue weighted by molar-refractivity contribution is 0.141. The van der Waals surface area contributed by atoms with E-state index < -0.39 is 0 Å². The summed E-state index contributed by atoms with van der Waals surface area (Å²) < 4.78 is 2.19. The van der Waals surface area contributed by atoms with Crippen molar-refractivity contribution in [1.29, 1.82) is 0 Å². The number of aliphatic hydroxyl groups excluding tert-OH is 1. The lowest BCUT2D eigenvalue weighted by Crippen LogP contribution is -2.24. The number of hydrogen-bond donors (Lipinski definition) is 1. The normalized spacial score (nSPS) is 20.8. The summed E-state index contributed by atoms with van der Waals surface area (Å²) in [4.78, 5) is 11.1. The fraction of sp³-hybridized carbons (Fsp3) is 0.429. The minimum atomic E-state index is -0.253. The van der Waals surface area contributed by atoms with Crippen LogP contribution in [0.1, 0.15) is 17.8 Å². The van der Waals surface area contributed by atoms with Gasteiger partial charge < -0.3 is 14.6 Å². The maximum absolute atomic E-state index is 10.5. The SMILES string of the molecule is Cc1nccn1CCCN1C[C@@H](Cc2ccnc3ccccc23)[C@H](O)C1. The van der Waals surface area contributed by atoms with Gasteiger partial charge in [-0.05, 0) is 44.0 Å². The number of imidazole rings is 1. The average Bonchev–Trinajstić information content (AvgIpc) is 3.21. The van der Waals surface area contributed by atoms with Gasteiger partial charge in [0.25, 0.3) is 0 Å². The Balaban J connectivity index is 1.35. The first-order valence-electron chi connectivity index (χ1n) is 9.41. The zero-order valence-corrected chi connectivity index (χ0v) is 15.3. The molecule has 0 radical (unpaired) electrons. The third-order valence-electron chi connectivity index (χ3n) is 5.50. The van der Waals surface area contributed by atoms with Crippen molar-refractivity contribution >= 4 is 10.9 Å². The number of β-amino-alcohol motifs (C(OH)–C–C–N with tert-alkyl or cyclic N) is 1. The summed E-state index contributed by atoms with van der Waals surface area (Å²) in [6.45, 7) is 5.77. The Morgan fingerprint density at radius 2 is 1.96 bits per heavy atom. The van der Waals surface area contributed by atoms with E-state index in [9.17, 15) is 5.11 Å². The standard InChI is InChI=1S/C21H26N4O/c1-16-22-9-12-25(16)11-4-10-24-14-18(21(26)15-24)13-17-7-8-23-20-6-3-2-5-19(17)20/h2-3,5-9,12,18,21,26H,4,10-11,13-15H2,1H3/t18-,21-/m1/s1. The van der Waals surface area contributed by atoms with E-state index in [4.69, 9.17) is 0 Å². The molecule has 1 N–H and O–H groups in total. The number of aryl methyl sites for hydroxylation is 2. The quantitative estimate of drug-likeness (QED) is 0.743. The van der Waals surface area contributed by atoms with Crippen LogP contribution in [0, 0.1) is 12.8 Å². The molecular formula is C21H26N4O. The molecule has 4 rings (SSSR count). The number of aromatic nitrogens is 3. The van der Waals surface area contributed by atoms with E-state index in [0.29, 0.717) is 0 Å². The highest BCUT2D eigenvalue weighted by atomic mass is 16.3. The number of fused-ring (bicyclic) bond motifs is 1. The Morgan fingerprint density at radius 1 is 1.08 bits per heavy atom. The fourth-order valence-corrected chi connectivity index (χ4v) is 4.04. The number of benzene rings is 1. The number of para-hydroxylation sites is 1. The summed E-state index contributed by atoms with van der Waals surface area (Å²) in [5.41, 5.74) is 2.32. The Morgan fingerprint density at radius 3 is 2.81 bits per heavy atom. The molecule has 0 saturated carbocycles. The second kappa shape index (κ2) is 7.56. The van der Waals surface area contributed by atoms with E-state index >= 15 is 0 Å². The van der Waals surface area contributed by atoms with E-state index in [1.807, 2.05) is 37.6 Å². The molecule has 2 atom stereocenters. The van der Waals surface area contributed by atoms with Gasteiger partial charge in [0, 0.05) is 49.5 Å². The van der Waals surface area contributed by atoms with Crippen LogP contribution in [0.15, 0.2) is 48.9 Å². The molecule has 1 saturated heterocycles. The molecule has 1 aliphatic heterocycles. The van der Waals surface area contributed by atoms with Crippen LogP contribution in [0.3, 0.4) is 0 Å². The first-order chi connectivity index (χ1) is 12.7. The topological polar surface area (TPSA) is 54.2 Å². The summed E-state index contributed by atoms with van der Waals surface area (Å²) in [6.07, 6.45) is 7.49. The van der Waals surface area contributed by atoms with Crippen LogP contribution >= 0.6 is 0 Å². The molecular weight excluding hydrogens is 324 g/mol. The molecule has 5 heteroatoms. The van der Waals surface area contributed by atoms with Gasteiger partial charge in [-0.3, -0.25) is 4.98 Å². The number of nitrogens with zero attached hydrogens (tertiary/aromatic N) is 4. The zero-order chi connectivity index (χ0) is 17.9. The van der Waals surface area contributed by atoms with Gasteiger partial charge in [-0.25, -0.2) is 4.98 Å². The van der Waals surface area contributed by atoms with Gasteiger partial charge in [0.2, 0.25) is 0 Å². The third-order valence-corrected chi connectivity index (χ3v) is 5.50. The van der Waals surface area contributed by atoms with Crippen molar-refractivity contribution in [3.63, 3.8) is 0 Å². The summed E-state index contributed by atoms with van der Waals surface area (Å²) in [5.74, 6) is 1.35. The van der Waals surface area contributed by atoms with E-state index in [2.05, 4.69) is 37.6 Å². The molecule has 136 valence electrons. The molecule has 0 spiro atoms. The lowest BCUT2D eigenvalue weighted by Gasteiger charge is -2.16. The molecule has 0 bridgehead atoms. The minimum absolute atomic E-state index is 0.253. The maximum atomic E-state index is 10.5. The summed E-state index contributed by atoms with van der Waals surface area (Å²) in [5, 5.41) is 11.8. The van der Waals surface area contributed by atoms with Crippen LogP contribution in [-0.4, -0.2) is 50.3 Å². The van der Waals surface area contributed by atoms with Crippen LogP contribution in [0.4, 0.5) is 0 Å². The molecule has 0 aliphatic carbocycles. The maximum Gasteiger partial charge on any atom is 0.105 e. The smallest absolute Gasteiger partial charge is 0.105 e. The fourth-order valence-electron chi connectivity index (χ4n) is 4.04. The van der Waals surface area contributed by atoms with Crippen molar-refractivity contribution in [3.8, 4) is 0 Å². The minimum Gasteiger partial charge on any atom is -0.391 e. The van der Waals surface area contributed by atoms with E-state index in [1.165, 1.54) is 10.9 Å². The lowest BCUT2D eigenvalue weighted by atomic mass is 9.94. The highest BCUT2D eigenvalue weighted by molar-refractivity contribution is 5.81. The van der Waals surface area contributed by atoms with Crippen molar-refractivity contribution in [2.24, 2.45) is 5.92 Å². The number of rotatable bonds is 6. The van der Waals surface area contributed by atoms with Gasteiger partial charge in [0.15, 0.2) is 0 Å². The van der Waals surface area contributed by atoms with Gasteiger partial charge >= 0.3 is 0 Å². The van der Waals surface area contributed by atoms with Crippen LogP contribution in [0.2, 0.25) is 0 Å². The number of likely N-dealkylation sites (tertiary alicyclic amines) is 1. The summed E-state index contributed by atoms with van der Waals surface area (Å²) in [6, 6.07) is 10.4. The van der Waals surface area contributed by atoms with Gasteiger partial charge in [0.1, 0.15) is 5.82 Å². The van der Waals surface area contributed by atoms with Gasteiger partial charge in [-0.15, -0.1) is 0 Å². The first-order valence-corrected chi connectivity index (χ1v) is 9.41. The summed E-state index contributed by atoms with van der Waals surface area (Å²) in [7, 11) is 0. The Hall–Kier alpha value is -2.24. The number of pyridine rings is 1. The van der Waals surface area contributed by atoms with E-state index in [-0.39, 0.29) is 12.0 Å².